The molecule has 3 nitrogen and oxygen atoms in total. The molecule has 0 fully saturated rings. The Labute approximate surface area is 128 Å². The van der Waals surface area contributed by atoms with Crippen molar-refractivity contribution in [3.8, 4) is 0 Å². The fourth-order valence-corrected chi connectivity index (χ4v) is 2.37. The molecule has 1 aromatic carbocycles. The van der Waals surface area contributed by atoms with Crippen molar-refractivity contribution >= 4 is 39.3 Å². The molecule has 0 heterocycles. The average Bonchev–Trinajstić information content (AvgIpc) is 2.40. The lowest BCUT2D eigenvalue weighted by atomic mass is 10.2. The molecule has 106 valence electrons. The molecule has 0 saturated carbocycles. The van der Waals surface area contributed by atoms with Crippen molar-refractivity contribution < 1.29 is 4.79 Å². The lowest BCUT2D eigenvalue weighted by molar-refractivity contribution is -0.115. The highest BCUT2D eigenvalue weighted by Crippen LogP contribution is 2.13. The highest BCUT2D eigenvalue weighted by Gasteiger charge is 2.01. The summed E-state index contributed by atoms with van der Waals surface area (Å²) in [5, 5.41) is 6.02. The third kappa shape index (κ3) is 8.29. The second-order valence-corrected chi connectivity index (χ2v) is 6.19. The number of hydrogen-bond donors (Lipinski definition) is 2. The number of hydrogen-bond acceptors (Lipinski definition) is 3. The SMILES string of the molecule is CSCCCCCNCC(=O)Nc1ccc(Br)cc1. The predicted molar refractivity (Wildman–Crippen MR) is 87.9 cm³/mol. The number of carbonyl (C=O) groups excluding carboxylic acids is 1. The van der Waals surface area contributed by atoms with Gasteiger partial charge < -0.3 is 10.6 Å². The van der Waals surface area contributed by atoms with Gasteiger partial charge in [-0.2, -0.15) is 11.8 Å². The Bertz CT molecular complexity index is 370. The van der Waals surface area contributed by atoms with Crippen molar-refractivity contribution in [2.24, 2.45) is 0 Å². The Morgan fingerprint density at radius 2 is 1.95 bits per heavy atom. The van der Waals surface area contributed by atoms with Gasteiger partial charge in [0.25, 0.3) is 0 Å². The molecule has 1 amide bonds. The lowest BCUT2D eigenvalue weighted by Gasteiger charge is -2.06. The molecule has 0 saturated heterocycles. The van der Waals surface area contributed by atoms with Gasteiger partial charge in [-0.25, -0.2) is 0 Å². The number of unbranched alkanes of at least 4 members (excludes halogenated alkanes) is 2. The standard InChI is InChI=1S/C14H21BrN2OS/c1-19-10-4-2-3-9-16-11-14(18)17-13-7-5-12(15)6-8-13/h5-8,16H,2-4,9-11H2,1H3,(H,17,18). The van der Waals surface area contributed by atoms with Crippen LogP contribution in [0.3, 0.4) is 0 Å². The van der Waals surface area contributed by atoms with Crippen LogP contribution in [0.4, 0.5) is 5.69 Å². The Kier molecular flexibility index (Phi) is 8.95. The van der Waals surface area contributed by atoms with Crippen LogP contribution < -0.4 is 10.6 Å². The molecular formula is C14H21BrN2OS. The van der Waals surface area contributed by atoms with Crippen molar-refractivity contribution in [2.75, 3.05) is 30.4 Å². The van der Waals surface area contributed by atoms with Crippen molar-refractivity contribution in [1.82, 2.24) is 5.32 Å². The summed E-state index contributed by atoms with van der Waals surface area (Å²) in [6.07, 6.45) is 5.74. The molecule has 0 spiro atoms. The van der Waals surface area contributed by atoms with Crippen molar-refractivity contribution in [3.63, 3.8) is 0 Å². The Hall–Kier alpha value is -0.520. The average molecular weight is 345 g/mol. The number of amides is 1. The molecule has 0 bridgehead atoms. The number of thioether (sulfide) groups is 1. The van der Waals surface area contributed by atoms with Gasteiger partial charge in [0.15, 0.2) is 0 Å². The van der Waals surface area contributed by atoms with Gasteiger partial charge in [0, 0.05) is 10.2 Å². The molecule has 0 aliphatic rings. The number of halogens is 1. The molecule has 0 aliphatic carbocycles. The van der Waals surface area contributed by atoms with Crippen LogP contribution in [-0.2, 0) is 4.79 Å². The van der Waals surface area contributed by atoms with Gasteiger partial charge in [0.1, 0.15) is 0 Å². The van der Waals surface area contributed by atoms with Crippen LogP contribution in [0.2, 0.25) is 0 Å². The van der Waals surface area contributed by atoms with E-state index in [0.717, 1.165) is 23.1 Å². The molecule has 5 heteroatoms. The summed E-state index contributed by atoms with van der Waals surface area (Å²) >= 11 is 5.25. The van der Waals surface area contributed by atoms with E-state index in [2.05, 4.69) is 32.8 Å². The van der Waals surface area contributed by atoms with Crippen molar-refractivity contribution in [3.05, 3.63) is 28.7 Å². The summed E-state index contributed by atoms with van der Waals surface area (Å²) in [5.41, 5.74) is 0.829. The maximum atomic E-state index is 11.6. The smallest absolute Gasteiger partial charge is 0.238 e. The third-order valence-corrected chi connectivity index (χ3v) is 3.84. The van der Waals surface area contributed by atoms with E-state index in [0.29, 0.717) is 6.54 Å². The highest BCUT2D eigenvalue weighted by atomic mass is 79.9. The minimum Gasteiger partial charge on any atom is -0.325 e. The number of rotatable bonds is 9. The quantitative estimate of drug-likeness (QED) is 0.673. The normalized spacial score (nSPS) is 10.4. The van der Waals surface area contributed by atoms with E-state index in [1.807, 2.05) is 36.0 Å². The van der Waals surface area contributed by atoms with Gasteiger partial charge in [-0.1, -0.05) is 22.4 Å². The van der Waals surface area contributed by atoms with Crippen LogP contribution in [-0.4, -0.2) is 31.0 Å². The summed E-state index contributed by atoms with van der Waals surface area (Å²) in [6, 6.07) is 7.58. The van der Waals surface area contributed by atoms with E-state index in [-0.39, 0.29) is 5.91 Å². The molecule has 0 unspecified atom stereocenters. The van der Waals surface area contributed by atoms with Crippen LogP contribution in [0.5, 0.6) is 0 Å². The first kappa shape index (κ1) is 16.5. The molecule has 0 aromatic heterocycles. The monoisotopic (exact) mass is 344 g/mol. The zero-order valence-corrected chi connectivity index (χ0v) is 13.6. The molecule has 1 aromatic rings. The molecule has 0 atom stereocenters. The second kappa shape index (κ2) is 10.3. The molecule has 2 N–H and O–H groups in total. The van der Waals surface area contributed by atoms with Gasteiger partial charge in [-0.05, 0) is 55.7 Å². The number of anilines is 1. The summed E-state index contributed by atoms with van der Waals surface area (Å²) in [5.74, 6) is 1.23. The zero-order chi connectivity index (χ0) is 13.9. The van der Waals surface area contributed by atoms with Crippen LogP contribution in [0.25, 0.3) is 0 Å². The van der Waals surface area contributed by atoms with E-state index in [9.17, 15) is 4.79 Å². The van der Waals surface area contributed by atoms with Crippen LogP contribution in [0, 0.1) is 0 Å². The summed E-state index contributed by atoms with van der Waals surface area (Å²) in [4.78, 5) is 11.6. The van der Waals surface area contributed by atoms with Crippen LogP contribution in [0.1, 0.15) is 19.3 Å². The molecule has 1 rings (SSSR count). The first-order valence-electron chi connectivity index (χ1n) is 6.47. The number of benzene rings is 1. The fraction of sp³-hybridized carbons (Fsp3) is 0.500. The predicted octanol–water partition coefficient (Wildman–Crippen LogP) is 3.51. The summed E-state index contributed by atoms with van der Waals surface area (Å²) in [6.45, 7) is 1.28. The first-order chi connectivity index (χ1) is 9.22. The van der Waals surface area contributed by atoms with Gasteiger partial charge in [-0.3, -0.25) is 4.79 Å². The van der Waals surface area contributed by atoms with E-state index >= 15 is 0 Å². The molecule has 0 radical (unpaired) electrons. The molecular weight excluding hydrogens is 324 g/mol. The fourth-order valence-electron chi connectivity index (χ4n) is 1.61. The number of nitrogens with one attached hydrogen (secondary N) is 2. The van der Waals surface area contributed by atoms with Gasteiger partial charge >= 0.3 is 0 Å². The minimum atomic E-state index is 0.00596. The maximum absolute atomic E-state index is 11.6. The van der Waals surface area contributed by atoms with E-state index in [4.69, 9.17) is 0 Å². The van der Waals surface area contributed by atoms with E-state index in [1.54, 1.807) is 0 Å². The maximum Gasteiger partial charge on any atom is 0.238 e. The lowest BCUT2D eigenvalue weighted by Crippen LogP contribution is -2.28. The summed E-state index contributed by atoms with van der Waals surface area (Å²) < 4.78 is 1.01. The van der Waals surface area contributed by atoms with E-state index < -0.39 is 0 Å². The summed E-state index contributed by atoms with van der Waals surface area (Å²) in [7, 11) is 0. The van der Waals surface area contributed by atoms with Gasteiger partial charge in [-0.15, -0.1) is 0 Å². The second-order valence-electron chi connectivity index (χ2n) is 4.29. The largest absolute Gasteiger partial charge is 0.325 e. The van der Waals surface area contributed by atoms with Crippen LogP contribution in [0.15, 0.2) is 28.7 Å². The topological polar surface area (TPSA) is 41.1 Å². The van der Waals surface area contributed by atoms with Crippen molar-refractivity contribution in [1.29, 1.82) is 0 Å². The Morgan fingerprint density at radius 1 is 1.21 bits per heavy atom. The first-order valence-corrected chi connectivity index (χ1v) is 8.66. The Balaban J connectivity index is 2.06. The zero-order valence-electron chi connectivity index (χ0n) is 11.2. The van der Waals surface area contributed by atoms with Crippen molar-refractivity contribution in [2.45, 2.75) is 19.3 Å². The number of carbonyl (C=O) groups is 1. The van der Waals surface area contributed by atoms with Gasteiger partial charge in [0.05, 0.1) is 6.54 Å². The molecule has 19 heavy (non-hydrogen) atoms. The van der Waals surface area contributed by atoms with Crippen LogP contribution >= 0.6 is 27.7 Å². The third-order valence-electron chi connectivity index (χ3n) is 2.62. The van der Waals surface area contributed by atoms with E-state index in [1.165, 1.54) is 18.6 Å². The Morgan fingerprint density at radius 3 is 2.63 bits per heavy atom. The minimum absolute atomic E-state index is 0.00596. The molecule has 0 aliphatic heterocycles. The highest BCUT2D eigenvalue weighted by molar-refractivity contribution is 9.10. The van der Waals surface area contributed by atoms with Gasteiger partial charge in [0.2, 0.25) is 5.91 Å².